The average Bonchev–Trinajstić information content (AvgIpc) is 2.92. The topological polar surface area (TPSA) is 129 Å². The molecule has 1 aliphatic heterocycles. The van der Waals surface area contributed by atoms with E-state index < -0.39 is 52.6 Å². The van der Waals surface area contributed by atoms with Gasteiger partial charge in [0, 0.05) is 67.9 Å². The van der Waals surface area contributed by atoms with Gasteiger partial charge in [0.05, 0.1) is 29.2 Å². The molecule has 1 fully saturated rings. The molecule has 0 spiro atoms. The number of aliphatic hydroxyl groups is 1. The second-order valence-corrected chi connectivity index (χ2v) is 9.52. The van der Waals surface area contributed by atoms with E-state index in [1.165, 1.54) is 26.2 Å². The van der Waals surface area contributed by atoms with Gasteiger partial charge in [0.1, 0.15) is 18.2 Å². The number of aromatic nitrogens is 2. The number of hydrogen-bond acceptors (Lipinski definition) is 9. The summed E-state index contributed by atoms with van der Waals surface area (Å²) in [6.07, 6.45) is -2.52. The number of alkyl halides is 4. The molecule has 4 rings (SSSR count). The summed E-state index contributed by atoms with van der Waals surface area (Å²) in [5, 5.41) is 26.0. The van der Waals surface area contributed by atoms with E-state index in [1.807, 2.05) is 0 Å². The number of nitrogens with one attached hydrogen (secondary N) is 1. The van der Waals surface area contributed by atoms with Crippen molar-refractivity contribution < 1.29 is 41.8 Å². The molecule has 40 heavy (non-hydrogen) atoms. The molecule has 3 aromatic rings. The van der Waals surface area contributed by atoms with Gasteiger partial charge in [0.2, 0.25) is 0 Å². The third-order valence-corrected chi connectivity index (χ3v) is 6.80. The van der Waals surface area contributed by atoms with Crippen molar-refractivity contribution in [3.05, 3.63) is 63.0 Å². The van der Waals surface area contributed by atoms with Crippen LogP contribution in [0, 0.1) is 10.1 Å². The lowest BCUT2D eigenvalue weighted by molar-refractivity contribution is -0.385. The first kappa shape index (κ1) is 29.4. The van der Waals surface area contributed by atoms with Gasteiger partial charge in [-0.1, -0.05) is 0 Å². The highest BCUT2D eigenvalue weighted by Crippen LogP contribution is 2.41. The molecular formula is C26H28F4N4O6. The molecule has 1 aromatic heterocycles. The number of nitro groups is 1. The first-order valence-corrected chi connectivity index (χ1v) is 12.3. The van der Waals surface area contributed by atoms with Crippen molar-refractivity contribution in [2.24, 2.45) is 0 Å². The standard InChI is InChI=1S/C26H28F4N4O6/c1-14(15-8-16(26(29,30)13-38-2)10-17(9-15)34(36)37)31-23-18-11-19(25(35)4-6-40-7-5-25)21(39-3)12-20(18)32-24(33-23)22(27)28/h8-12,14,22,35H,4-7,13H2,1-3H3,(H,31,32,33)/t14-/m1/s1. The zero-order valence-electron chi connectivity index (χ0n) is 21.9. The van der Waals surface area contributed by atoms with Crippen molar-refractivity contribution in [3.63, 3.8) is 0 Å². The maximum Gasteiger partial charge on any atom is 0.297 e. The molecule has 2 heterocycles. The zero-order valence-corrected chi connectivity index (χ0v) is 21.9. The fraction of sp³-hybridized carbons (Fsp3) is 0.462. The fourth-order valence-electron chi connectivity index (χ4n) is 4.65. The molecule has 2 aromatic carbocycles. The highest BCUT2D eigenvalue weighted by molar-refractivity contribution is 5.91. The Hall–Kier alpha value is -3.62. The van der Waals surface area contributed by atoms with Crippen LogP contribution in [0.5, 0.6) is 5.75 Å². The van der Waals surface area contributed by atoms with Crippen molar-refractivity contribution in [1.29, 1.82) is 0 Å². The second kappa shape index (κ2) is 11.5. The molecule has 216 valence electrons. The number of nitro benzene ring substituents is 1. The summed E-state index contributed by atoms with van der Waals surface area (Å²) in [5.41, 5.74) is -1.99. The molecule has 14 heteroatoms. The quantitative estimate of drug-likeness (QED) is 0.188. The number of fused-ring (bicyclic) bond motifs is 1. The van der Waals surface area contributed by atoms with Gasteiger partial charge < -0.3 is 24.6 Å². The normalized spacial score (nSPS) is 16.2. The van der Waals surface area contributed by atoms with Gasteiger partial charge >= 0.3 is 0 Å². The molecule has 0 aliphatic carbocycles. The highest BCUT2D eigenvalue weighted by Gasteiger charge is 2.36. The lowest BCUT2D eigenvalue weighted by Crippen LogP contribution is -2.33. The van der Waals surface area contributed by atoms with E-state index in [-0.39, 0.29) is 40.9 Å². The molecule has 0 bridgehead atoms. The number of halogens is 4. The van der Waals surface area contributed by atoms with Crippen LogP contribution in [0.2, 0.25) is 0 Å². The van der Waals surface area contributed by atoms with E-state index in [2.05, 4.69) is 20.0 Å². The third kappa shape index (κ3) is 5.93. The fourth-order valence-corrected chi connectivity index (χ4v) is 4.65. The van der Waals surface area contributed by atoms with Crippen LogP contribution < -0.4 is 10.1 Å². The Morgan fingerprint density at radius 2 is 1.88 bits per heavy atom. The molecule has 0 unspecified atom stereocenters. The van der Waals surface area contributed by atoms with Gasteiger partial charge in [-0.25, -0.2) is 18.7 Å². The van der Waals surface area contributed by atoms with Crippen LogP contribution in [0.3, 0.4) is 0 Å². The third-order valence-electron chi connectivity index (χ3n) is 6.80. The van der Waals surface area contributed by atoms with Crippen molar-refractivity contribution in [2.45, 2.75) is 43.8 Å². The number of hydrogen-bond donors (Lipinski definition) is 2. The predicted molar refractivity (Wildman–Crippen MR) is 136 cm³/mol. The molecule has 0 radical (unpaired) electrons. The molecule has 0 saturated carbocycles. The first-order valence-electron chi connectivity index (χ1n) is 12.3. The minimum atomic E-state index is -3.52. The Bertz CT molecular complexity index is 1400. The van der Waals surface area contributed by atoms with Crippen molar-refractivity contribution in [3.8, 4) is 5.75 Å². The van der Waals surface area contributed by atoms with E-state index in [0.717, 1.165) is 25.3 Å². The number of ether oxygens (including phenoxy) is 3. The van der Waals surface area contributed by atoms with Gasteiger partial charge in [0.15, 0.2) is 5.82 Å². The summed E-state index contributed by atoms with van der Waals surface area (Å²) in [7, 11) is 2.46. The lowest BCUT2D eigenvalue weighted by atomic mass is 9.85. The lowest BCUT2D eigenvalue weighted by Gasteiger charge is -2.33. The number of nitrogens with zero attached hydrogens (tertiary/aromatic N) is 3. The summed E-state index contributed by atoms with van der Waals surface area (Å²) >= 11 is 0. The smallest absolute Gasteiger partial charge is 0.297 e. The summed E-state index contributed by atoms with van der Waals surface area (Å²) in [4.78, 5) is 18.6. The van der Waals surface area contributed by atoms with Gasteiger partial charge in [0.25, 0.3) is 18.0 Å². The van der Waals surface area contributed by atoms with E-state index in [0.29, 0.717) is 18.8 Å². The molecule has 10 nitrogen and oxygen atoms in total. The zero-order chi connectivity index (χ0) is 29.2. The minimum Gasteiger partial charge on any atom is -0.496 e. The summed E-state index contributed by atoms with van der Waals surface area (Å²) in [6, 6.07) is 5.00. The van der Waals surface area contributed by atoms with Crippen LogP contribution in [0.4, 0.5) is 29.1 Å². The van der Waals surface area contributed by atoms with Gasteiger partial charge in [-0.15, -0.1) is 0 Å². The molecular weight excluding hydrogens is 540 g/mol. The minimum absolute atomic E-state index is 0.0796. The second-order valence-electron chi connectivity index (χ2n) is 9.52. The van der Waals surface area contributed by atoms with E-state index in [1.54, 1.807) is 0 Å². The van der Waals surface area contributed by atoms with Crippen molar-refractivity contribution in [2.75, 3.05) is 39.4 Å². The Kier molecular flexibility index (Phi) is 8.42. The van der Waals surface area contributed by atoms with Gasteiger partial charge in [-0.3, -0.25) is 10.1 Å². The number of rotatable bonds is 10. The van der Waals surface area contributed by atoms with Crippen LogP contribution in [0.25, 0.3) is 10.9 Å². The van der Waals surface area contributed by atoms with Gasteiger partial charge in [-0.2, -0.15) is 8.78 Å². The first-order chi connectivity index (χ1) is 18.9. The summed E-state index contributed by atoms with van der Waals surface area (Å²) in [5.74, 6) is -4.17. The molecule has 2 N–H and O–H groups in total. The Morgan fingerprint density at radius 3 is 2.48 bits per heavy atom. The number of anilines is 1. The van der Waals surface area contributed by atoms with Crippen LogP contribution in [0.1, 0.15) is 54.7 Å². The maximum absolute atomic E-state index is 14.6. The summed E-state index contributed by atoms with van der Waals surface area (Å²) < 4.78 is 72.1. The maximum atomic E-state index is 14.6. The molecule has 0 amide bonds. The highest BCUT2D eigenvalue weighted by atomic mass is 19.3. The molecule has 1 atom stereocenters. The Labute approximate surface area is 226 Å². The average molecular weight is 569 g/mol. The van der Waals surface area contributed by atoms with Crippen molar-refractivity contribution in [1.82, 2.24) is 9.97 Å². The predicted octanol–water partition coefficient (Wildman–Crippen LogP) is 5.39. The van der Waals surface area contributed by atoms with E-state index in [4.69, 9.17) is 9.47 Å². The van der Waals surface area contributed by atoms with Gasteiger partial charge in [-0.05, 0) is 24.6 Å². The van der Waals surface area contributed by atoms with Crippen LogP contribution in [0.15, 0.2) is 30.3 Å². The molecule has 1 aliphatic rings. The van der Waals surface area contributed by atoms with E-state index in [9.17, 15) is 32.8 Å². The Morgan fingerprint density at radius 1 is 1.18 bits per heavy atom. The number of non-ortho nitro benzene ring substituents is 1. The monoisotopic (exact) mass is 568 g/mol. The van der Waals surface area contributed by atoms with E-state index >= 15 is 0 Å². The largest absolute Gasteiger partial charge is 0.496 e. The Balaban J connectivity index is 1.84. The molecule has 1 saturated heterocycles. The van der Waals surface area contributed by atoms with Crippen LogP contribution in [-0.4, -0.2) is 54.0 Å². The van der Waals surface area contributed by atoms with Crippen LogP contribution >= 0.6 is 0 Å². The number of methoxy groups -OCH3 is 2. The SMILES string of the molecule is COCC(F)(F)c1cc([C@@H](C)Nc2nc(C(F)F)nc3cc(OC)c(C4(O)CCOCC4)cc23)cc([N+](=O)[O-])c1. The van der Waals surface area contributed by atoms with Crippen LogP contribution in [-0.2, 0) is 21.0 Å². The summed E-state index contributed by atoms with van der Waals surface area (Å²) in [6.45, 7) is 1.11. The number of benzene rings is 2. The van der Waals surface area contributed by atoms with Crippen molar-refractivity contribution >= 4 is 22.4 Å².